The quantitative estimate of drug-likeness (QED) is 0.834. The van der Waals surface area contributed by atoms with Gasteiger partial charge in [0, 0.05) is 23.9 Å². The van der Waals surface area contributed by atoms with Gasteiger partial charge in [-0.1, -0.05) is 13.8 Å². The second-order valence-corrected chi connectivity index (χ2v) is 5.18. The summed E-state index contributed by atoms with van der Waals surface area (Å²) in [6, 6.07) is 0. The van der Waals surface area contributed by atoms with E-state index < -0.39 is 0 Å². The zero-order valence-corrected chi connectivity index (χ0v) is 11.4. The predicted molar refractivity (Wildman–Crippen MR) is 68.9 cm³/mol. The highest BCUT2D eigenvalue weighted by Crippen LogP contribution is 2.30. The molecule has 2 unspecified atom stereocenters. The molecule has 2 N–H and O–H groups in total. The monoisotopic (exact) mass is 242 g/mol. The Kier molecular flexibility index (Phi) is 4.89. The van der Waals surface area contributed by atoms with Crippen molar-refractivity contribution in [1.29, 1.82) is 0 Å². The van der Waals surface area contributed by atoms with Gasteiger partial charge in [0.15, 0.2) is 0 Å². The van der Waals surface area contributed by atoms with E-state index in [1.165, 1.54) is 0 Å². The minimum atomic E-state index is 0.000679. The van der Waals surface area contributed by atoms with Gasteiger partial charge in [0.2, 0.25) is 0 Å². The Bertz CT molecular complexity index is 321. The van der Waals surface area contributed by atoms with Crippen LogP contribution in [0.3, 0.4) is 0 Å². The fourth-order valence-corrected chi connectivity index (χ4v) is 2.48. The van der Waals surface area contributed by atoms with Gasteiger partial charge in [-0.25, -0.2) is 4.98 Å². The van der Waals surface area contributed by atoms with Gasteiger partial charge in [-0.2, -0.15) is 0 Å². The van der Waals surface area contributed by atoms with Crippen molar-refractivity contribution in [3.05, 3.63) is 16.1 Å². The normalized spacial score (nSPS) is 17.1. The molecular formula is C12H22N2OS. The first-order valence-corrected chi connectivity index (χ1v) is 6.73. The first-order chi connectivity index (χ1) is 7.57. The summed E-state index contributed by atoms with van der Waals surface area (Å²) < 4.78 is 5.54. The summed E-state index contributed by atoms with van der Waals surface area (Å²) in [4.78, 5) is 4.66. The summed E-state index contributed by atoms with van der Waals surface area (Å²) in [5, 5.41) is 3.16. The molecule has 0 saturated heterocycles. The Morgan fingerprint density at radius 1 is 1.56 bits per heavy atom. The molecule has 0 fully saturated rings. The SMILES string of the molecule is CCOC(C)c1nc(C(C)(CC)CN)cs1. The number of hydrogen-bond donors (Lipinski definition) is 1. The Balaban J connectivity index is 2.85. The highest BCUT2D eigenvalue weighted by atomic mass is 32.1. The molecule has 0 radical (unpaired) electrons. The number of rotatable bonds is 6. The molecule has 0 aliphatic rings. The maximum Gasteiger partial charge on any atom is 0.122 e. The first kappa shape index (κ1) is 13.6. The molecule has 16 heavy (non-hydrogen) atoms. The van der Waals surface area contributed by atoms with E-state index in [4.69, 9.17) is 10.5 Å². The summed E-state index contributed by atoms with van der Waals surface area (Å²) in [6.45, 7) is 9.71. The summed E-state index contributed by atoms with van der Waals surface area (Å²) in [6.07, 6.45) is 1.10. The molecule has 1 rings (SSSR count). The van der Waals surface area contributed by atoms with E-state index in [1.807, 2.05) is 13.8 Å². The van der Waals surface area contributed by atoms with Crippen LogP contribution in [0.25, 0.3) is 0 Å². The minimum Gasteiger partial charge on any atom is -0.372 e. The standard InChI is InChI=1S/C12H22N2OS/c1-5-12(4,8-13)10-7-16-11(14-10)9(3)15-6-2/h7,9H,5-6,8,13H2,1-4H3. The van der Waals surface area contributed by atoms with E-state index in [0.717, 1.165) is 23.7 Å². The van der Waals surface area contributed by atoms with E-state index in [1.54, 1.807) is 11.3 Å². The van der Waals surface area contributed by atoms with Crippen LogP contribution in [-0.4, -0.2) is 18.1 Å². The summed E-state index contributed by atoms with van der Waals surface area (Å²) >= 11 is 1.66. The Labute approximate surface area is 102 Å². The molecule has 2 atom stereocenters. The van der Waals surface area contributed by atoms with Crippen molar-refractivity contribution in [3.63, 3.8) is 0 Å². The van der Waals surface area contributed by atoms with Crippen LogP contribution in [0.1, 0.15) is 50.9 Å². The Morgan fingerprint density at radius 3 is 2.75 bits per heavy atom. The molecule has 0 amide bonds. The molecule has 0 spiro atoms. The smallest absolute Gasteiger partial charge is 0.122 e. The second kappa shape index (κ2) is 5.75. The maximum atomic E-state index is 5.83. The van der Waals surface area contributed by atoms with Crippen LogP contribution in [0.4, 0.5) is 0 Å². The molecular weight excluding hydrogens is 220 g/mol. The van der Waals surface area contributed by atoms with Crippen molar-refractivity contribution in [1.82, 2.24) is 4.98 Å². The van der Waals surface area contributed by atoms with E-state index >= 15 is 0 Å². The number of ether oxygens (including phenoxy) is 1. The van der Waals surface area contributed by atoms with Crippen LogP contribution in [-0.2, 0) is 10.2 Å². The molecule has 1 aromatic rings. The van der Waals surface area contributed by atoms with Crippen molar-refractivity contribution in [3.8, 4) is 0 Å². The lowest BCUT2D eigenvalue weighted by molar-refractivity contribution is 0.0760. The number of nitrogens with zero attached hydrogens (tertiary/aromatic N) is 1. The molecule has 4 heteroatoms. The van der Waals surface area contributed by atoms with Crippen LogP contribution in [0.15, 0.2) is 5.38 Å². The molecule has 0 bridgehead atoms. The first-order valence-electron chi connectivity index (χ1n) is 5.85. The maximum absolute atomic E-state index is 5.83. The fourth-order valence-electron chi connectivity index (χ4n) is 1.50. The molecule has 1 aromatic heterocycles. The van der Waals surface area contributed by atoms with Gasteiger partial charge >= 0.3 is 0 Å². The number of thiazole rings is 1. The largest absolute Gasteiger partial charge is 0.372 e. The molecule has 1 heterocycles. The van der Waals surface area contributed by atoms with Crippen molar-refractivity contribution in [2.24, 2.45) is 5.73 Å². The summed E-state index contributed by atoms with van der Waals surface area (Å²) in [5.74, 6) is 0. The van der Waals surface area contributed by atoms with Crippen molar-refractivity contribution in [2.75, 3.05) is 13.2 Å². The topological polar surface area (TPSA) is 48.1 Å². The molecule has 0 aliphatic heterocycles. The third-order valence-electron chi connectivity index (χ3n) is 3.14. The summed E-state index contributed by atoms with van der Waals surface area (Å²) in [7, 11) is 0. The Hall–Kier alpha value is -0.450. The van der Waals surface area contributed by atoms with E-state index in [-0.39, 0.29) is 11.5 Å². The van der Waals surface area contributed by atoms with E-state index in [0.29, 0.717) is 6.54 Å². The highest BCUT2D eigenvalue weighted by molar-refractivity contribution is 7.09. The lowest BCUT2D eigenvalue weighted by Crippen LogP contribution is -2.31. The lowest BCUT2D eigenvalue weighted by atomic mass is 9.85. The molecule has 0 aliphatic carbocycles. The van der Waals surface area contributed by atoms with Gasteiger partial charge in [0.25, 0.3) is 0 Å². The van der Waals surface area contributed by atoms with Gasteiger partial charge in [0.1, 0.15) is 11.1 Å². The van der Waals surface area contributed by atoms with Crippen molar-refractivity contribution >= 4 is 11.3 Å². The van der Waals surface area contributed by atoms with Gasteiger partial charge in [0.05, 0.1) is 5.69 Å². The van der Waals surface area contributed by atoms with Crippen LogP contribution in [0, 0.1) is 0 Å². The van der Waals surface area contributed by atoms with Gasteiger partial charge < -0.3 is 10.5 Å². The van der Waals surface area contributed by atoms with Crippen molar-refractivity contribution < 1.29 is 4.74 Å². The Morgan fingerprint density at radius 2 is 2.25 bits per heavy atom. The number of aromatic nitrogens is 1. The van der Waals surface area contributed by atoms with Gasteiger partial charge in [-0.05, 0) is 20.3 Å². The molecule has 3 nitrogen and oxygen atoms in total. The zero-order chi connectivity index (χ0) is 12.2. The molecule has 0 saturated carbocycles. The third-order valence-corrected chi connectivity index (χ3v) is 4.14. The van der Waals surface area contributed by atoms with Crippen LogP contribution < -0.4 is 5.73 Å². The van der Waals surface area contributed by atoms with Gasteiger partial charge in [-0.3, -0.25) is 0 Å². The molecule has 92 valence electrons. The average Bonchev–Trinajstić information content (AvgIpc) is 2.78. The average molecular weight is 242 g/mol. The summed E-state index contributed by atoms with van der Waals surface area (Å²) in [5.41, 5.74) is 6.93. The molecule has 0 aromatic carbocycles. The van der Waals surface area contributed by atoms with Crippen LogP contribution >= 0.6 is 11.3 Å². The van der Waals surface area contributed by atoms with Crippen molar-refractivity contribution in [2.45, 2.75) is 45.6 Å². The van der Waals surface area contributed by atoms with Gasteiger partial charge in [-0.15, -0.1) is 11.3 Å². The van der Waals surface area contributed by atoms with E-state index in [2.05, 4.69) is 24.2 Å². The fraction of sp³-hybridized carbons (Fsp3) is 0.750. The lowest BCUT2D eigenvalue weighted by Gasteiger charge is -2.23. The highest BCUT2D eigenvalue weighted by Gasteiger charge is 2.26. The second-order valence-electron chi connectivity index (χ2n) is 4.29. The van der Waals surface area contributed by atoms with Crippen LogP contribution in [0.2, 0.25) is 0 Å². The van der Waals surface area contributed by atoms with E-state index in [9.17, 15) is 0 Å². The third kappa shape index (κ3) is 2.81. The minimum absolute atomic E-state index is 0.000679. The number of nitrogens with two attached hydrogens (primary N) is 1. The number of hydrogen-bond acceptors (Lipinski definition) is 4. The predicted octanol–water partition coefficient (Wildman–Crippen LogP) is 2.87. The van der Waals surface area contributed by atoms with Crippen LogP contribution in [0.5, 0.6) is 0 Å². The zero-order valence-electron chi connectivity index (χ0n) is 10.6.